The molecule has 6 rings (SSSR count). The van der Waals surface area contributed by atoms with Crippen LogP contribution in [0.4, 0.5) is 0 Å². The van der Waals surface area contributed by atoms with Crippen LogP contribution in [0, 0.1) is 0 Å². The quantitative estimate of drug-likeness (QED) is 0.122. The van der Waals surface area contributed by atoms with E-state index < -0.39 is 7.14 Å². The molecule has 0 aromatic heterocycles. The molecule has 0 heterocycles. The van der Waals surface area contributed by atoms with Gasteiger partial charge in [-0.05, 0) is 33.4 Å². The second kappa shape index (κ2) is 13.8. The van der Waals surface area contributed by atoms with E-state index in [4.69, 9.17) is 0 Å². The fourth-order valence-corrected chi connectivity index (χ4v) is 7.70. The predicted octanol–water partition coefficient (Wildman–Crippen LogP) is 9.84. The van der Waals surface area contributed by atoms with Crippen molar-refractivity contribution in [2.75, 3.05) is 0 Å². The van der Waals surface area contributed by atoms with Crippen LogP contribution in [0.1, 0.15) is 33.4 Å². The van der Waals surface area contributed by atoms with E-state index in [2.05, 4.69) is 109 Å². The Bertz CT molecular complexity index is 1690. The molecule has 0 N–H and O–H groups in total. The maximum Gasteiger partial charge on any atom is 0.171 e. The predicted molar refractivity (Wildman–Crippen MR) is 192 cm³/mol. The molecule has 0 aliphatic heterocycles. The van der Waals surface area contributed by atoms with Crippen molar-refractivity contribution in [2.45, 2.75) is 0 Å². The van der Waals surface area contributed by atoms with Crippen molar-refractivity contribution < 1.29 is 4.57 Å². The van der Waals surface area contributed by atoms with E-state index in [1.54, 1.807) is 0 Å². The van der Waals surface area contributed by atoms with E-state index in [0.29, 0.717) is 0 Å². The number of hydrogen-bond acceptors (Lipinski definition) is 1. The van der Waals surface area contributed by atoms with Gasteiger partial charge < -0.3 is 4.57 Å². The van der Waals surface area contributed by atoms with Crippen LogP contribution in [0.2, 0.25) is 0 Å². The molecule has 0 unspecified atom stereocenters. The molecule has 0 saturated carbocycles. The van der Waals surface area contributed by atoms with Gasteiger partial charge in [0.15, 0.2) is 7.14 Å². The summed E-state index contributed by atoms with van der Waals surface area (Å²) >= 11 is 0. The lowest BCUT2D eigenvalue weighted by atomic mass is 10.1. The molecule has 0 amide bonds. The van der Waals surface area contributed by atoms with Crippen molar-refractivity contribution in [1.82, 2.24) is 0 Å². The van der Waals surface area contributed by atoms with Gasteiger partial charge in [-0.1, -0.05) is 200 Å². The van der Waals surface area contributed by atoms with E-state index in [1.165, 1.54) is 0 Å². The Morgan fingerprint density at radius 1 is 0.273 bits per heavy atom. The molecule has 0 bridgehead atoms. The fourth-order valence-electron chi connectivity index (χ4n) is 5.10. The largest absolute Gasteiger partial charge is 0.309 e. The summed E-state index contributed by atoms with van der Waals surface area (Å²) in [5.41, 5.74) is 6.62. The molecule has 0 spiro atoms. The van der Waals surface area contributed by atoms with Crippen LogP contribution in [0.3, 0.4) is 0 Å². The number of hydrogen-bond donors (Lipinski definition) is 0. The average molecular weight is 585 g/mol. The summed E-state index contributed by atoms with van der Waals surface area (Å²) in [6.45, 7) is 0. The molecule has 212 valence electrons. The third-order valence-corrected chi connectivity index (χ3v) is 10.6. The smallest absolute Gasteiger partial charge is 0.171 e. The molecule has 0 aliphatic carbocycles. The van der Waals surface area contributed by atoms with Crippen molar-refractivity contribution >= 4 is 59.5 Å². The Balaban J connectivity index is 1.32. The van der Waals surface area contributed by atoms with Gasteiger partial charge in [-0.15, -0.1) is 0 Å². The summed E-state index contributed by atoms with van der Waals surface area (Å²) in [5.74, 6) is 0. The van der Waals surface area contributed by atoms with Crippen molar-refractivity contribution in [3.8, 4) is 0 Å². The lowest BCUT2D eigenvalue weighted by Gasteiger charge is -2.20. The summed E-state index contributed by atoms with van der Waals surface area (Å²) < 4.78 is 15.2. The topological polar surface area (TPSA) is 17.1 Å². The molecule has 6 aromatic carbocycles. The van der Waals surface area contributed by atoms with Gasteiger partial charge in [0.2, 0.25) is 0 Å². The van der Waals surface area contributed by atoms with Gasteiger partial charge in [-0.25, -0.2) is 0 Å². The van der Waals surface area contributed by atoms with Crippen molar-refractivity contribution in [1.29, 1.82) is 0 Å². The normalized spacial score (nSPS) is 13.0. The zero-order valence-electron chi connectivity index (χ0n) is 24.4. The molecule has 0 aliphatic rings. The van der Waals surface area contributed by atoms with Crippen molar-refractivity contribution in [3.05, 3.63) is 197 Å². The van der Waals surface area contributed by atoms with Gasteiger partial charge in [0, 0.05) is 15.9 Å². The van der Waals surface area contributed by atoms with Crippen LogP contribution in [0.15, 0.2) is 164 Å². The fraction of sp³-hybridized carbons (Fsp3) is 0. The van der Waals surface area contributed by atoms with Crippen LogP contribution in [-0.2, 0) is 4.57 Å². The lowest BCUT2D eigenvalue weighted by Crippen LogP contribution is -2.25. The van der Waals surface area contributed by atoms with Crippen molar-refractivity contribution in [3.63, 3.8) is 0 Å². The Labute approximate surface area is 260 Å². The summed E-state index contributed by atoms with van der Waals surface area (Å²) in [6, 6.07) is 55.1. The van der Waals surface area contributed by atoms with E-state index in [1.807, 2.05) is 91.0 Å². The van der Waals surface area contributed by atoms with Gasteiger partial charge in [0.1, 0.15) is 0 Å². The third-order valence-electron chi connectivity index (χ3n) is 7.57. The highest BCUT2D eigenvalue weighted by atomic mass is 31.2. The zero-order chi connectivity index (χ0) is 30.0. The molecule has 0 saturated heterocycles. The minimum atomic E-state index is -3.14. The highest BCUT2D eigenvalue weighted by Crippen LogP contribution is 2.42. The van der Waals surface area contributed by atoms with Crippen LogP contribution in [-0.4, -0.2) is 0 Å². The molecule has 0 atom stereocenters. The monoisotopic (exact) mass is 584 g/mol. The lowest BCUT2D eigenvalue weighted by molar-refractivity contribution is 0.592. The third kappa shape index (κ3) is 7.04. The van der Waals surface area contributed by atoms with Crippen molar-refractivity contribution in [2.24, 2.45) is 0 Å². The molecule has 2 heteroatoms. The highest BCUT2D eigenvalue weighted by molar-refractivity contribution is 7.85. The second-order valence-electron chi connectivity index (χ2n) is 10.6. The maximum absolute atomic E-state index is 15.2. The van der Waals surface area contributed by atoms with E-state index in [9.17, 15) is 0 Å². The first-order chi connectivity index (χ1) is 21.7. The zero-order valence-corrected chi connectivity index (χ0v) is 25.3. The Hall–Kier alpha value is -5.23. The summed E-state index contributed by atoms with van der Waals surface area (Å²) in [5, 5.41) is 2.44. The molecule has 6 aromatic rings. The average Bonchev–Trinajstić information content (AvgIpc) is 3.10. The van der Waals surface area contributed by atoms with Gasteiger partial charge in [-0.2, -0.15) is 0 Å². The van der Waals surface area contributed by atoms with Gasteiger partial charge in [-0.3, -0.25) is 0 Å². The minimum absolute atomic E-state index is 0.814. The Morgan fingerprint density at radius 2 is 0.477 bits per heavy atom. The molecule has 0 fully saturated rings. The summed E-state index contributed by atoms with van der Waals surface area (Å²) in [4.78, 5) is 0. The molecule has 1 nitrogen and oxygen atoms in total. The summed E-state index contributed by atoms with van der Waals surface area (Å²) in [6.07, 6.45) is 12.6. The van der Waals surface area contributed by atoms with Gasteiger partial charge >= 0.3 is 0 Å². The van der Waals surface area contributed by atoms with Gasteiger partial charge in [0.25, 0.3) is 0 Å². The van der Waals surface area contributed by atoms with E-state index in [0.717, 1.165) is 49.3 Å². The van der Waals surface area contributed by atoms with E-state index in [-0.39, 0.29) is 0 Å². The maximum atomic E-state index is 15.2. The standard InChI is InChI=1S/C42H33OP/c43-44(40-28-22-37(23-29-40)19-16-34-10-4-1-5-11-34,41-30-24-38(25-31-41)20-17-35-12-6-2-7-13-35)42-32-26-39(27-33-42)21-18-36-14-8-3-9-15-36/h1-33H. The molecule has 0 radical (unpaired) electrons. The van der Waals surface area contributed by atoms with Crippen LogP contribution < -0.4 is 15.9 Å². The number of rotatable bonds is 9. The van der Waals surface area contributed by atoms with Crippen LogP contribution in [0.5, 0.6) is 0 Å². The van der Waals surface area contributed by atoms with E-state index >= 15 is 4.57 Å². The first-order valence-corrected chi connectivity index (χ1v) is 16.5. The number of benzene rings is 6. The minimum Gasteiger partial charge on any atom is -0.309 e. The summed E-state index contributed by atoms with van der Waals surface area (Å²) in [7, 11) is -3.14. The van der Waals surface area contributed by atoms with Gasteiger partial charge in [0.05, 0.1) is 0 Å². The molecule has 44 heavy (non-hydrogen) atoms. The Morgan fingerprint density at radius 3 is 0.705 bits per heavy atom. The van der Waals surface area contributed by atoms with Crippen LogP contribution in [0.25, 0.3) is 36.5 Å². The first kappa shape index (κ1) is 28.9. The van der Waals surface area contributed by atoms with Crippen LogP contribution >= 0.6 is 7.14 Å². The highest BCUT2D eigenvalue weighted by Gasteiger charge is 2.29. The SMILES string of the molecule is O=P(c1ccc(C=Cc2ccccc2)cc1)(c1ccc(C=Cc2ccccc2)cc1)c1ccc(C=Cc2ccccc2)cc1. The molecular weight excluding hydrogens is 551 g/mol. The first-order valence-electron chi connectivity index (χ1n) is 14.8. The Kier molecular flexibility index (Phi) is 9.07. The second-order valence-corrected chi connectivity index (χ2v) is 13.4. The molecular formula is C42H33OP.